The summed E-state index contributed by atoms with van der Waals surface area (Å²) in [6.45, 7) is 5.71. The SMILES string of the molecule is C=CCNC(=O)c1sc(SCC)c(S(C)(=O)=O)c1N. The smallest absolute Gasteiger partial charge is 0.263 e. The third-order valence-corrected chi connectivity index (χ3v) is 5.91. The number of amides is 1. The molecule has 5 nitrogen and oxygen atoms in total. The summed E-state index contributed by atoms with van der Waals surface area (Å²) < 4.78 is 24.1. The van der Waals surface area contributed by atoms with Crippen molar-refractivity contribution in [2.24, 2.45) is 0 Å². The average Bonchev–Trinajstić information content (AvgIpc) is 2.63. The number of hydrogen-bond acceptors (Lipinski definition) is 6. The molecule has 3 N–H and O–H groups in total. The van der Waals surface area contributed by atoms with Crippen LogP contribution in [0.2, 0.25) is 0 Å². The van der Waals surface area contributed by atoms with Gasteiger partial charge in [-0.3, -0.25) is 4.79 Å². The van der Waals surface area contributed by atoms with Crippen LogP contribution in [0.5, 0.6) is 0 Å². The quantitative estimate of drug-likeness (QED) is 0.616. The molecule has 0 fully saturated rings. The van der Waals surface area contributed by atoms with Crippen molar-refractivity contribution in [3.05, 3.63) is 17.5 Å². The summed E-state index contributed by atoms with van der Waals surface area (Å²) in [7, 11) is -3.46. The highest BCUT2D eigenvalue weighted by molar-refractivity contribution is 8.02. The zero-order chi connectivity index (χ0) is 14.6. The number of thioether (sulfide) groups is 1. The largest absolute Gasteiger partial charge is 0.396 e. The van der Waals surface area contributed by atoms with Gasteiger partial charge in [0.2, 0.25) is 0 Å². The van der Waals surface area contributed by atoms with E-state index in [1.807, 2.05) is 6.92 Å². The number of sulfone groups is 1. The fourth-order valence-corrected chi connectivity index (χ4v) is 5.58. The van der Waals surface area contributed by atoms with Gasteiger partial charge in [-0.25, -0.2) is 8.42 Å². The molecule has 0 atom stereocenters. The maximum absolute atomic E-state index is 11.9. The van der Waals surface area contributed by atoms with Gasteiger partial charge in [-0.2, -0.15) is 0 Å². The van der Waals surface area contributed by atoms with Crippen molar-refractivity contribution >= 4 is 44.5 Å². The Bertz CT molecular complexity index is 591. The number of nitrogen functional groups attached to an aromatic ring is 1. The van der Waals surface area contributed by atoms with E-state index in [0.717, 1.165) is 17.6 Å². The van der Waals surface area contributed by atoms with Crippen LogP contribution in [0.15, 0.2) is 21.8 Å². The van der Waals surface area contributed by atoms with Gasteiger partial charge in [0.25, 0.3) is 5.91 Å². The van der Waals surface area contributed by atoms with Crippen molar-refractivity contribution in [1.82, 2.24) is 5.32 Å². The van der Waals surface area contributed by atoms with E-state index in [-0.39, 0.29) is 21.4 Å². The van der Waals surface area contributed by atoms with E-state index in [4.69, 9.17) is 5.73 Å². The van der Waals surface area contributed by atoms with Crippen LogP contribution >= 0.6 is 23.1 Å². The molecule has 0 saturated carbocycles. The molecule has 0 unspecified atom stereocenters. The van der Waals surface area contributed by atoms with Gasteiger partial charge < -0.3 is 11.1 Å². The third-order valence-electron chi connectivity index (χ3n) is 2.13. The number of nitrogens with two attached hydrogens (primary N) is 1. The molecule has 0 radical (unpaired) electrons. The van der Waals surface area contributed by atoms with E-state index >= 15 is 0 Å². The molecule has 8 heteroatoms. The third kappa shape index (κ3) is 3.74. The molecule has 106 valence electrons. The first-order valence-electron chi connectivity index (χ1n) is 5.47. The minimum Gasteiger partial charge on any atom is -0.396 e. The summed E-state index contributed by atoms with van der Waals surface area (Å²) in [5, 5.41) is 2.59. The van der Waals surface area contributed by atoms with Crippen LogP contribution in [0.3, 0.4) is 0 Å². The summed E-state index contributed by atoms with van der Waals surface area (Å²) in [6, 6.07) is 0. The number of carbonyl (C=O) groups is 1. The second-order valence-corrected chi connectivity index (χ2v) is 8.17. The van der Waals surface area contributed by atoms with Gasteiger partial charge in [0.15, 0.2) is 9.84 Å². The monoisotopic (exact) mass is 320 g/mol. The van der Waals surface area contributed by atoms with Crippen molar-refractivity contribution in [1.29, 1.82) is 0 Å². The molecule has 0 aliphatic heterocycles. The molecule has 0 bridgehead atoms. The zero-order valence-electron chi connectivity index (χ0n) is 10.7. The lowest BCUT2D eigenvalue weighted by molar-refractivity contribution is 0.0963. The molecule has 0 spiro atoms. The predicted molar refractivity (Wildman–Crippen MR) is 80.8 cm³/mol. The molecule has 1 heterocycles. The Morgan fingerprint density at radius 2 is 2.21 bits per heavy atom. The maximum Gasteiger partial charge on any atom is 0.263 e. The summed E-state index contributed by atoms with van der Waals surface area (Å²) in [5.41, 5.74) is 5.86. The Morgan fingerprint density at radius 1 is 1.58 bits per heavy atom. The summed E-state index contributed by atoms with van der Waals surface area (Å²) in [6.07, 6.45) is 2.64. The molecule has 19 heavy (non-hydrogen) atoms. The van der Waals surface area contributed by atoms with Gasteiger partial charge in [0.1, 0.15) is 9.77 Å². The van der Waals surface area contributed by atoms with Crippen LogP contribution in [0.1, 0.15) is 16.6 Å². The minimum atomic E-state index is -3.46. The molecule has 1 rings (SSSR count). The van der Waals surface area contributed by atoms with Crippen LogP contribution in [-0.2, 0) is 9.84 Å². The van der Waals surface area contributed by atoms with Crippen LogP contribution in [0.25, 0.3) is 0 Å². The lowest BCUT2D eigenvalue weighted by Gasteiger charge is -2.02. The van der Waals surface area contributed by atoms with Crippen molar-refractivity contribution in [3.63, 3.8) is 0 Å². The highest BCUT2D eigenvalue weighted by Gasteiger charge is 2.26. The van der Waals surface area contributed by atoms with Crippen LogP contribution in [-0.4, -0.2) is 32.9 Å². The summed E-state index contributed by atoms with van der Waals surface area (Å²) >= 11 is 2.47. The normalized spacial score (nSPS) is 11.3. The molecule has 0 aliphatic carbocycles. The predicted octanol–water partition coefficient (Wildman–Crippen LogP) is 1.76. The molecule has 0 aromatic carbocycles. The minimum absolute atomic E-state index is 0.0324. The highest BCUT2D eigenvalue weighted by Crippen LogP contribution is 2.41. The zero-order valence-corrected chi connectivity index (χ0v) is 13.2. The van der Waals surface area contributed by atoms with Crippen LogP contribution < -0.4 is 11.1 Å². The van der Waals surface area contributed by atoms with E-state index in [1.165, 1.54) is 11.8 Å². The maximum atomic E-state index is 11.9. The number of anilines is 1. The molecule has 1 amide bonds. The van der Waals surface area contributed by atoms with Crippen molar-refractivity contribution in [2.75, 3.05) is 24.3 Å². The van der Waals surface area contributed by atoms with Gasteiger partial charge >= 0.3 is 0 Å². The molecule has 1 aromatic rings. The van der Waals surface area contributed by atoms with Gasteiger partial charge in [0.05, 0.1) is 9.90 Å². The Balaban J connectivity index is 3.29. The van der Waals surface area contributed by atoms with Crippen molar-refractivity contribution in [3.8, 4) is 0 Å². The topological polar surface area (TPSA) is 89.3 Å². The first-order valence-corrected chi connectivity index (χ1v) is 9.16. The lowest BCUT2D eigenvalue weighted by atomic mass is 10.4. The van der Waals surface area contributed by atoms with E-state index in [1.54, 1.807) is 6.08 Å². The number of hydrogen-bond donors (Lipinski definition) is 2. The van der Waals surface area contributed by atoms with Gasteiger partial charge in [-0.05, 0) is 5.75 Å². The van der Waals surface area contributed by atoms with E-state index in [0.29, 0.717) is 16.5 Å². The number of thiophene rings is 1. The molecular weight excluding hydrogens is 304 g/mol. The molecule has 0 aliphatic rings. The van der Waals surface area contributed by atoms with Crippen molar-refractivity contribution < 1.29 is 13.2 Å². The van der Waals surface area contributed by atoms with E-state index in [9.17, 15) is 13.2 Å². The van der Waals surface area contributed by atoms with Gasteiger partial charge in [-0.1, -0.05) is 13.0 Å². The second kappa shape index (κ2) is 6.44. The first kappa shape index (κ1) is 16.1. The Kier molecular flexibility index (Phi) is 5.45. The summed E-state index contributed by atoms with van der Waals surface area (Å²) in [4.78, 5) is 12.2. The lowest BCUT2D eigenvalue weighted by Crippen LogP contribution is -2.23. The van der Waals surface area contributed by atoms with E-state index < -0.39 is 9.84 Å². The fraction of sp³-hybridized carbons (Fsp3) is 0.364. The fourth-order valence-electron chi connectivity index (χ4n) is 1.40. The van der Waals surface area contributed by atoms with Crippen molar-refractivity contribution in [2.45, 2.75) is 16.0 Å². The molecular formula is C11H16N2O3S3. The Labute approximate surface area is 121 Å². The standard InChI is InChI=1S/C11H16N2O3S3/c1-4-6-13-10(14)8-7(12)9(19(3,15)16)11(18-8)17-5-2/h4H,1,5-6,12H2,2-3H3,(H,13,14). The molecule has 1 aromatic heterocycles. The van der Waals surface area contributed by atoms with Crippen LogP contribution in [0, 0.1) is 0 Å². The number of rotatable bonds is 6. The molecule has 0 saturated heterocycles. The van der Waals surface area contributed by atoms with E-state index in [2.05, 4.69) is 11.9 Å². The second-order valence-electron chi connectivity index (χ2n) is 3.67. The number of carbonyl (C=O) groups excluding carboxylic acids is 1. The van der Waals surface area contributed by atoms with Gasteiger partial charge in [-0.15, -0.1) is 29.7 Å². The Morgan fingerprint density at radius 3 is 2.68 bits per heavy atom. The number of nitrogens with one attached hydrogen (secondary N) is 1. The summed E-state index contributed by atoms with van der Waals surface area (Å²) in [5.74, 6) is 0.325. The van der Waals surface area contributed by atoms with Gasteiger partial charge in [0, 0.05) is 12.8 Å². The highest BCUT2D eigenvalue weighted by atomic mass is 32.2. The Hall–Kier alpha value is -0.990. The van der Waals surface area contributed by atoms with Crippen LogP contribution in [0.4, 0.5) is 5.69 Å². The average molecular weight is 320 g/mol. The first-order chi connectivity index (χ1) is 8.82.